The third kappa shape index (κ3) is 6.29. The number of benzene rings is 1. The van der Waals surface area contributed by atoms with Crippen molar-refractivity contribution in [3.05, 3.63) is 40.6 Å². The van der Waals surface area contributed by atoms with Crippen LogP contribution in [-0.4, -0.2) is 77.0 Å². The molecule has 1 unspecified atom stereocenters. The molecule has 2 saturated heterocycles. The number of aromatic nitrogens is 2. The van der Waals surface area contributed by atoms with Gasteiger partial charge in [-0.25, -0.2) is 18.7 Å². The lowest BCUT2D eigenvalue weighted by atomic mass is 10.1. The Bertz CT molecular complexity index is 968. The van der Waals surface area contributed by atoms with E-state index < -0.39 is 5.92 Å². The summed E-state index contributed by atoms with van der Waals surface area (Å²) in [5.41, 5.74) is 6.96. The average molecular weight is 525 g/mol. The fourth-order valence-corrected chi connectivity index (χ4v) is 4.20. The maximum Gasteiger partial charge on any atom is 0.254 e. The maximum absolute atomic E-state index is 13.3. The minimum Gasteiger partial charge on any atom is -0.490 e. The predicted molar refractivity (Wildman–Crippen MR) is 125 cm³/mol. The molecule has 1 amide bonds. The maximum atomic E-state index is 13.3. The van der Waals surface area contributed by atoms with Gasteiger partial charge in [-0.2, -0.15) is 0 Å². The molecule has 3 heterocycles. The van der Waals surface area contributed by atoms with Crippen molar-refractivity contribution in [2.45, 2.75) is 31.2 Å². The smallest absolute Gasteiger partial charge is 0.254 e. The number of carbonyl (C=O) groups is 1. The van der Waals surface area contributed by atoms with Crippen molar-refractivity contribution in [3.63, 3.8) is 0 Å². The number of piperidine rings is 1. The first-order valence-electron chi connectivity index (χ1n) is 10.9. The highest BCUT2D eigenvalue weighted by Crippen LogP contribution is 2.28. The molecule has 0 saturated carbocycles. The van der Waals surface area contributed by atoms with E-state index in [9.17, 15) is 13.6 Å². The molecule has 0 bridgehead atoms. The van der Waals surface area contributed by atoms with Crippen LogP contribution in [0.5, 0.6) is 5.75 Å². The van der Waals surface area contributed by atoms with Gasteiger partial charge in [0.25, 0.3) is 11.8 Å². The second-order valence-electron chi connectivity index (χ2n) is 8.40. The Morgan fingerprint density at radius 1 is 1.24 bits per heavy atom. The normalized spacial score (nSPS) is 20.6. The van der Waals surface area contributed by atoms with Crippen LogP contribution < -0.4 is 15.8 Å². The molecule has 33 heavy (non-hydrogen) atoms. The molecule has 178 valence electrons. The summed E-state index contributed by atoms with van der Waals surface area (Å²) in [6.07, 6.45) is 3.88. The van der Waals surface area contributed by atoms with Crippen molar-refractivity contribution in [1.29, 1.82) is 0 Å². The van der Waals surface area contributed by atoms with E-state index in [1.807, 2.05) is 4.90 Å². The van der Waals surface area contributed by atoms with Gasteiger partial charge in [-0.05, 0) is 40.5 Å². The molecule has 3 N–H and O–H groups in total. The van der Waals surface area contributed by atoms with Crippen LogP contribution in [0.3, 0.4) is 0 Å². The Morgan fingerprint density at radius 3 is 2.70 bits per heavy atom. The van der Waals surface area contributed by atoms with Gasteiger partial charge in [0.05, 0.1) is 10.2 Å². The van der Waals surface area contributed by atoms with Gasteiger partial charge in [0.15, 0.2) is 0 Å². The quantitative estimate of drug-likeness (QED) is 0.536. The third-order valence-corrected chi connectivity index (χ3v) is 6.35. The minimum absolute atomic E-state index is 0.0662. The number of amides is 1. The molecule has 4 rings (SSSR count). The number of nitrogens with zero attached hydrogens (tertiary/aromatic N) is 4. The highest BCUT2D eigenvalue weighted by Gasteiger charge is 2.33. The summed E-state index contributed by atoms with van der Waals surface area (Å²) in [5, 5.41) is 3.26. The van der Waals surface area contributed by atoms with Crippen LogP contribution in [0.15, 0.2) is 35.1 Å². The third-order valence-electron chi connectivity index (χ3n) is 5.94. The Labute approximate surface area is 199 Å². The van der Waals surface area contributed by atoms with E-state index in [1.165, 1.54) is 0 Å². The van der Waals surface area contributed by atoms with E-state index >= 15 is 0 Å². The summed E-state index contributed by atoms with van der Waals surface area (Å²) < 4.78 is 33.2. The second kappa shape index (κ2) is 10.2. The zero-order valence-electron chi connectivity index (χ0n) is 18.1. The number of anilines is 2. The van der Waals surface area contributed by atoms with Gasteiger partial charge >= 0.3 is 0 Å². The van der Waals surface area contributed by atoms with Crippen LogP contribution in [0.4, 0.5) is 20.4 Å². The number of nitrogen functional groups attached to an aromatic ring is 1. The monoisotopic (exact) mass is 524 g/mol. The van der Waals surface area contributed by atoms with E-state index in [4.69, 9.17) is 10.5 Å². The Hall–Kier alpha value is -2.53. The summed E-state index contributed by atoms with van der Waals surface area (Å²) in [4.78, 5) is 25.2. The number of hydrogen-bond donors (Lipinski definition) is 2. The SMILES string of the molecule is Nc1ccc(C(=O)N2CCC(Nc3ncc(Br)cn3)C2)cc1OCCN1CCC(F)(F)CC1. The van der Waals surface area contributed by atoms with Crippen LogP contribution in [0, 0.1) is 0 Å². The number of carbonyl (C=O) groups excluding carboxylic acids is 1. The van der Waals surface area contributed by atoms with Gasteiger partial charge in [-0.1, -0.05) is 0 Å². The lowest BCUT2D eigenvalue weighted by Crippen LogP contribution is -2.41. The molecule has 0 spiro atoms. The zero-order chi connectivity index (χ0) is 23.4. The van der Waals surface area contributed by atoms with Crippen LogP contribution in [-0.2, 0) is 0 Å². The molecule has 1 atom stereocenters. The van der Waals surface area contributed by atoms with Gasteiger partial charge in [-0.3, -0.25) is 9.69 Å². The molecule has 1 aromatic heterocycles. The number of rotatable bonds is 7. The van der Waals surface area contributed by atoms with E-state index in [-0.39, 0.29) is 24.8 Å². The number of ether oxygens (including phenoxy) is 1. The zero-order valence-corrected chi connectivity index (χ0v) is 19.7. The fourth-order valence-electron chi connectivity index (χ4n) is 4.00. The van der Waals surface area contributed by atoms with E-state index in [0.717, 1.165) is 10.9 Å². The molecule has 0 aliphatic carbocycles. The van der Waals surface area contributed by atoms with Gasteiger partial charge in [0.1, 0.15) is 12.4 Å². The summed E-state index contributed by atoms with van der Waals surface area (Å²) in [6, 6.07) is 5.07. The Morgan fingerprint density at radius 2 is 1.97 bits per heavy atom. The molecular formula is C22H27BrF2N6O2. The standard InChI is InChI=1S/C22H27BrF2N6O2/c23-16-12-27-21(28-13-16)29-17-3-6-31(14-17)20(32)15-1-2-18(26)19(11-15)33-10-9-30-7-4-22(24,25)5-8-30/h1-2,11-13,17H,3-10,14,26H2,(H,27,28,29). The van der Waals surface area contributed by atoms with Gasteiger partial charge in [0.2, 0.25) is 5.95 Å². The van der Waals surface area contributed by atoms with E-state index in [1.54, 1.807) is 35.5 Å². The van der Waals surface area contributed by atoms with Crippen LogP contribution in [0.25, 0.3) is 0 Å². The van der Waals surface area contributed by atoms with Gasteiger partial charge in [0, 0.05) is 69.6 Å². The van der Waals surface area contributed by atoms with Crippen molar-refractivity contribution in [2.75, 3.05) is 50.4 Å². The fraction of sp³-hybridized carbons (Fsp3) is 0.500. The number of alkyl halides is 2. The predicted octanol–water partition coefficient (Wildman–Crippen LogP) is 3.26. The number of hydrogen-bond acceptors (Lipinski definition) is 7. The van der Waals surface area contributed by atoms with Gasteiger partial charge < -0.3 is 20.7 Å². The molecule has 0 radical (unpaired) electrons. The van der Waals surface area contributed by atoms with Crippen LogP contribution in [0.1, 0.15) is 29.6 Å². The van der Waals surface area contributed by atoms with Crippen molar-refractivity contribution in [3.8, 4) is 5.75 Å². The first kappa shape index (κ1) is 23.6. The molecule has 11 heteroatoms. The van der Waals surface area contributed by atoms with E-state index in [2.05, 4.69) is 31.2 Å². The molecular weight excluding hydrogens is 498 g/mol. The molecule has 2 fully saturated rings. The summed E-state index contributed by atoms with van der Waals surface area (Å²) in [5.74, 6) is -1.70. The first-order valence-corrected chi connectivity index (χ1v) is 11.7. The lowest BCUT2D eigenvalue weighted by molar-refractivity contribution is -0.0564. The topological polar surface area (TPSA) is 96.6 Å². The number of halogens is 3. The number of nitrogens with two attached hydrogens (primary N) is 1. The summed E-state index contributed by atoms with van der Waals surface area (Å²) >= 11 is 3.31. The van der Waals surface area contributed by atoms with Crippen molar-refractivity contribution in [2.24, 2.45) is 0 Å². The molecule has 2 aliphatic heterocycles. The largest absolute Gasteiger partial charge is 0.490 e. The van der Waals surface area contributed by atoms with Crippen molar-refractivity contribution < 1.29 is 18.3 Å². The summed E-state index contributed by atoms with van der Waals surface area (Å²) in [6.45, 7) is 2.70. The highest BCUT2D eigenvalue weighted by atomic mass is 79.9. The summed E-state index contributed by atoms with van der Waals surface area (Å²) in [7, 11) is 0. The Balaban J connectivity index is 1.29. The second-order valence-corrected chi connectivity index (χ2v) is 9.32. The first-order chi connectivity index (χ1) is 15.8. The minimum atomic E-state index is -2.56. The van der Waals surface area contributed by atoms with Crippen molar-refractivity contribution in [1.82, 2.24) is 19.8 Å². The number of likely N-dealkylation sites (tertiary alicyclic amines) is 2. The number of nitrogens with one attached hydrogen (secondary N) is 1. The van der Waals surface area contributed by atoms with Crippen LogP contribution >= 0.6 is 15.9 Å². The van der Waals surface area contributed by atoms with Gasteiger partial charge in [-0.15, -0.1) is 0 Å². The lowest BCUT2D eigenvalue weighted by Gasteiger charge is -2.31. The molecule has 8 nitrogen and oxygen atoms in total. The van der Waals surface area contributed by atoms with Crippen molar-refractivity contribution >= 4 is 33.5 Å². The van der Waals surface area contributed by atoms with E-state index in [0.29, 0.717) is 62.3 Å². The molecule has 2 aromatic rings. The highest BCUT2D eigenvalue weighted by molar-refractivity contribution is 9.10. The molecule has 2 aliphatic rings. The molecule has 1 aromatic carbocycles. The Kier molecular flexibility index (Phi) is 7.28. The van der Waals surface area contributed by atoms with Crippen LogP contribution in [0.2, 0.25) is 0 Å². The average Bonchev–Trinajstić information content (AvgIpc) is 3.26.